The van der Waals surface area contributed by atoms with Crippen molar-refractivity contribution in [2.24, 2.45) is 29.1 Å². The highest BCUT2D eigenvalue weighted by Crippen LogP contribution is 2.42. The van der Waals surface area contributed by atoms with Crippen molar-refractivity contribution in [3.8, 4) is 0 Å². The van der Waals surface area contributed by atoms with E-state index in [1.165, 1.54) is 0 Å². The van der Waals surface area contributed by atoms with Gasteiger partial charge >= 0.3 is 0 Å². The maximum absolute atomic E-state index is 13.3. The van der Waals surface area contributed by atoms with Crippen molar-refractivity contribution in [1.29, 1.82) is 0 Å². The van der Waals surface area contributed by atoms with Crippen LogP contribution in [-0.4, -0.2) is 41.6 Å². The molecule has 1 saturated carbocycles. The molecule has 5 heteroatoms. The fourth-order valence-electron chi connectivity index (χ4n) is 4.75. The minimum absolute atomic E-state index is 0.0496. The second-order valence-electron chi connectivity index (χ2n) is 11.2. The smallest absolute Gasteiger partial charge is 0.243 e. The fourth-order valence-corrected chi connectivity index (χ4v) is 4.75. The third-order valence-corrected chi connectivity index (χ3v) is 7.04. The summed E-state index contributed by atoms with van der Waals surface area (Å²) in [5.41, 5.74) is -0.0230. The molecular weight excluding hydrogens is 352 g/mol. The average Bonchev–Trinajstić information content (AvgIpc) is 2.57. The summed E-state index contributed by atoms with van der Waals surface area (Å²) in [4.78, 5) is 27.3. The second-order valence-corrected chi connectivity index (χ2v) is 11.2. The number of ether oxygens (including phenoxy) is 1. The third kappa shape index (κ3) is 5.49. The van der Waals surface area contributed by atoms with Gasteiger partial charge in [-0.2, -0.15) is 0 Å². The van der Waals surface area contributed by atoms with E-state index in [1.54, 1.807) is 4.90 Å². The van der Waals surface area contributed by atoms with Crippen molar-refractivity contribution in [2.45, 2.75) is 98.9 Å². The molecule has 1 N–H and O–H groups in total. The van der Waals surface area contributed by atoms with Gasteiger partial charge in [0.05, 0.1) is 6.61 Å². The number of rotatable bonds is 5. The molecule has 2 aliphatic rings. The molecule has 1 saturated heterocycles. The Hall–Kier alpha value is -1.10. The van der Waals surface area contributed by atoms with Crippen LogP contribution < -0.4 is 5.32 Å². The SMILES string of the molecule is CC1COC(N(C=O)C(C(=O)NC(C)(C)C)C2CCC(C)(C)CC2)C(C)C1C. The van der Waals surface area contributed by atoms with Gasteiger partial charge in [0, 0.05) is 11.5 Å². The Morgan fingerprint density at radius 1 is 1.14 bits per heavy atom. The van der Waals surface area contributed by atoms with E-state index in [1.807, 2.05) is 20.8 Å². The van der Waals surface area contributed by atoms with Crippen molar-refractivity contribution in [3.63, 3.8) is 0 Å². The molecular formula is C23H42N2O3. The van der Waals surface area contributed by atoms with Gasteiger partial charge in [-0.3, -0.25) is 9.59 Å². The molecule has 2 fully saturated rings. The van der Waals surface area contributed by atoms with Crippen molar-refractivity contribution in [2.75, 3.05) is 6.61 Å². The second kappa shape index (κ2) is 8.73. The Labute approximate surface area is 172 Å². The Morgan fingerprint density at radius 3 is 2.21 bits per heavy atom. The lowest BCUT2D eigenvalue weighted by Crippen LogP contribution is -2.61. The summed E-state index contributed by atoms with van der Waals surface area (Å²) in [7, 11) is 0. The summed E-state index contributed by atoms with van der Waals surface area (Å²) in [6.45, 7) is 17.7. The number of hydrogen-bond donors (Lipinski definition) is 1. The number of hydrogen-bond acceptors (Lipinski definition) is 3. The van der Waals surface area contributed by atoms with Gasteiger partial charge in [-0.25, -0.2) is 0 Å². The number of carbonyl (C=O) groups is 2. The van der Waals surface area contributed by atoms with Crippen LogP contribution in [0.4, 0.5) is 0 Å². The molecule has 2 rings (SSSR count). The van der Waals surface area contributed by atoms with E-state index in [0.717, 1.165) is 32.1 Å². The van der Waals surface area contributed by atoms with Crippen LogP contribution in [0, 0.1) is 29.1 Å². The van der Waals surface area contributed by atoms with E-state index in [2.05, 4.69) is 39.9 Å². The summed E-state index contributed by atoms with van der Waals surface area (Å²) >= 11 is 0. The molecule has 1 aliphatic carbocycles. The van der Waals surface area contributed by atoms with Crippen LogP contribution in [0.15, 0.2) is 0 Å². The van der Waals surface area contributed by atoms with Gasteiger partial charge in [-0.15, -0.1) is 0 Å². The van der Waals surface area contributed by atoms with E-state index in [4.69, 9.17) is 4.74 Å². The molecule has 5 nitrogen and oxygen atoms in total. The number of nitrogens with one attached hydrogen (secondary N) is 1. The van der Waals surface area contributed by atoms with E-state index >= 15 is 0 Å². The average molecular weight is 395 g/mol. The van der Waals surface area contributed by atoms with Gasteiger partial charge in [0.25, 0.3) is 0 Å². The Balaban J connectivity index is 2.30. The van der Waals surface area contributed by atoms with Crippen LogP contribution in [0.5, 0.6) is 0 Å². The molecule has 5 unspecified atom stereocenters. The summed E-state index contributed by atoms with van der Waals surface area (Å²) in [5, 5.41) is 3.13. The van der Waals surface area contributed by atoms with Crippen LogP contribution in [0.2, 0.25) is 0 Å². The lowest BCUT2D eigenvalue weighted by molar-refractivity contribution is -0.180. The normalized spacial score (nSPS) is 32.4. The van der Waals surface area contributed by atoms with Crippen molar-refractivity contribution in [3.05, 3.63) is 0 Å². The van der Waals surface area contributed by atoms with E-state index < -0.39 is 6.04 Å². The predicted molar refractivity (Wildman–Crippen MR) is 113 cm³/mol. The van der Waals surface area contributed by atoms with Crippen LogP contribution in [0.3, 0.4) is 0 Å². The van der Waals surface area contributed by atoms with E-state index in [9.17, 15) is 9.59 Å². The maximum Gasteiger partial charge on any atom is 0.243 e. The van der Waals surface area contributed by atoms with E-state index in [0.29, 0.717) is 23.9 Å². The lowest BCUT2D eigenvalue weighted by atomic mass is 9.70. The van der Waals surface area contributed by atoms with Gasteiger partial charge in [-0.1, -0.05) is 34.6 Å². The summed E-state index contributed by atoms with van der Waals surface area (Å²) < 4.78 is 6.13. The zero-order valence-corrected chi connectivity index (χ0v) is 19.2. The number of nitrogens with zero attached hydrogens (tertiary/aromatic N) is 1. The molecule has 0 aromatic heterocycles. The van der Waals surface area contributed by atoms with Crippen molar-refractivity contribution < 1.29 is 14.3 Å². The highest BCUT2D eigenvalue weighted by molar-refractivity contribution is 5.84. The van der Waals surface area contributed by atoms with Crippen LogP contribution in [-0.2, 0) is 14.3 Å². The topological polar surface area (TPSA) is 58.6 Å². The fraction of sp³-hybridized carbons (Fsp3) is 0.913. The molecule has 1 aliphatic heterocycles. The Kier molecular flexibility index (Phi) is 7.22. The van der Waals surface area contributed by atoms with Gasteiger partial charge in [0.1, 0.15) is 12.3 Å². The zero-order chi connectivity index (χ0) is 21.3. The molecule has 0 aromatic rings. The summed E-state index contributed by atoms with van der Waals surface area (Å²) in [6.07, 6.45) is 4.61. The minimum Gasteiger partial charge on any atom is -0.358 e. The standard InChI is InChI=1S/C23H42N2O3/c1-15-13-28-21(17(3)16(15)2)25(14-26)19(20(27)24-22(4,5)6)18-9-11-23(7,8)12-10-18/h14-19,21H,9-13H2,1-8H3,(H,24,27). The summed E-state index contributed by atoms with van der Waals surface area (Å²) in [6, 6.07) is -0.471. The first-order valence-corrected chi connectivity index (χ1v) is 11.0. The first kappa shape index (κ1) is 23.2. The number of amides is 2. The van der Waals surface area contributed by atoms with Gasteiger partial charge in [0.15, 0.2) is 0 Å². The molecule has 162 valence electrons. The van der Waals surface area contributed by atoms with Gasteiger partial charge in [0.2, 0.25) is 12.3 Å². The first-order valence-electron chi connectivity index (χ1n) is 11.0. The third-order valence-electron chi connectivity index (χ3n) is 7.04. The zero-order valence-electron chi connectivity index (χ0n) is 19.2. The van der Waals surface area contributed by atoms with Crippen molar-refractivity contribution in [1.82, 2.24) is 10.2 Å². The highest BCUT2D eigenvalue weighted by atomic mass is 16.5. The minimum atomic E-state index is -0.471. The highest BCUT2D eigenvalue weighted by Gasteiger charge is 2.45. The molecule has 2 amide bonds. The monoisotopic (exact) mass is 394 g/mol. The van der Waals surface area contributed by atoms with Crippen LogP contribution in [0.25, 0.3) is 0 Å². The first-order chi connectivity index (χ1) is 12.9. The predicted octanol–water partition coefficient (Wildman–Crippen LogP) is 4.21. The van der Waals surface area contributed by atoms with Crippen LogP contribution in [0.1, 0.15) is 81.1 Å². The Morgan fingerprint density at radius 2 is 1.71 bits per heavy atom. The molecule has 0 aromatic carbocycles. The summed E-state index contributed by atoms with van der Waals surface area (Å²) in [5.74, 6) is 1.21. The van der Waals surface area contributed by atoms with Gasteiger partial charge < -0.3 is 15.0 Å². The quantitative estimate of drug-likeness (QED) is 0.711. The van der Waals surface area contributed by atoms with E-state index in [-0.39, 0.29) is 29.5 Å². The number of carbonyl (C=O) groups excluding carboxylic acids is 2. The Bertz CT molecular complexity index is 545. The van der Waals surface area contributed by atoms with Crippen molar-refractivity contribution >= 4 is 12.3 Å². The molecule has 0 radical (unpaired) electrons. The molecule has 0 spiro atoms. The van der Waals surface area contributed by atoms with Crippen LogP contribution >= 0.6 is 0 Å². The molecule has 5 atom stereocenters. The molecule has 1 heterocycles. The largest absolute Gasteiger partial charge is 0.358 e. The van der Waals surface area contributed by atoms with Gasteiger partial charge in [-0.05, 0) is 69.6 Å². The molecule has 28 heavy (non-hydrogen) atoms. The lowest BCUT2D eigenvalue weighted by Gasteiger charge is -2.48. The molecule has 0 bridgehead atoms. The maximum atomic E-state index is 13.3.